The van der Waals surface area contributed by atoms with E-state index >= 15 is 0 Å². The predicted octanol–water partition coefficient (Wildman–Crippen LogP) is 0.942. The summed E-state index contributed by atoms with van der Waals surface area (Å²) in [6.07, 6.45) is 5.29. The lowest BCUT2D eigenvalue weighted by atomic mass is 10.1. The van der Waals surface area contributed by atoms with Crippen molar-refractivity contribution in [2.75, 3.05) is 11.5 Å². The Morgan fingerprint density at radius 3 is 2.78 bits per heavy atom. The van der Waals surface area contributed by atoms with Gasteiger partial charge in [-0.2, -0.15) is 11.8 Å². The lowest BCUT2D eigenvalue weighted by Crippen LogP contribution is -2.26. The molecule has 2 heteroatoms. The van der Waals surface area contributed by atoms with Crippen molar-refractivity contribution >= 4 is 17.5 Å². The van der Waals surface area contributed by atoms with Crippen molar-refractivity contribution in [1.29, 1.82) is 0 Å². The Bertz CT molecular complexity index is 153. The number of rotatable bonds is 2. The molecule has 9 heavy (non-hydrogen) atoms. The second-order valence-electron chi connectivity index (χ2n) is 2.08. The first-order chi connectivity index (χ1) is 4.34. The SMILES string of the molecule is C#CCC(=O)C1CSC1. The van der Waals surface area contributed by atoms with Crippen LogP contribution in [0.25, 0.3) is 0 Å². The van der Waals surface area contributed by atoms with Crippen molar-refractivity contribution in [2.24, 2.45) is 5.92 Å². The van der Waals surface area contributed by atoms with Gasteiger partial charge >= 0.3 is 0 Å². The molecule has 0 aromatic carbocycles. The van der Waals surface area contributed by atoms with E-state index in [9.17, 15) is 4.79 Å². The molecule has 0 radical (unpaired) electrons. The summed E-state index contributed by atoms with van der Waals surface area (Å²) in [4.78, 5) is 10.9. The molecule has 0 atom stereocenters. The maximum atomic E-state index is 10.9. The highest BCUT2D eigenvalue weighted by molar-refractivity contribution is 8.00. The van der Waals surface area contributed by atoms with E-state index in [1.54, 1.807) is 0 Å². The van der Waals surface area contributed by atoms with Gasteiger partial charge in [0.2, 0.25) is 0 Å². The van der Waals surface area contributed by atoms with E-state index in [0.717, 1.165) is 11.5 Å². The fourth-order valence-electron chi connectivity index (χ4n) is 0.667. The molecule has 48 valence electrons. The van der Waals surface area contributed by atoms with E-state index in [0.29, 0.717) is 6.42 Å². The molecule has 1 nitrogen and oxygen atoms in total. The first-order valence-corrected chi connectivity index (χ1v) is 4.04. The number of ketones is 1. The normalized spacial score (nSPS) is 18.1. The van der Waals surface area contributed by atoms with E-state index < -0.39 is 0 Å². The van der Waals surface area contributed by atoms with Gasteiger partial charge < -0.3 is 0 Å². The molecule has 1 fully saturated rings. The first kappa shape index (κ1) is 6.70. The van der Waals surface area contributed by atoms with Crippen molar-refractivity contribution in [1.82, 2.24) is 0 Å². The molecule has 1 heterocycles. The molecule has 0 saturated carbocycles. The van der Waals surface area contributed by atoms with Gasteiger partial charge in [0.15, 0.2) is 0 Å². The quantitative estimate of drug-likeness (QED) is 0.531. The Balaban J connectivity index is 2.26. The number of terminal acetylenes is 1. The van der Waals surface area contributed by atoms with Gasteiger partial charge in [-0.15, -0.1) is 6.42 Å². The van der Waals surface area contributed by atoms with Crippen LogP contribution in [0, 0.1) is 18.3 Å². The van der Waals surface area contributed by atoms with Crippen LogP contribution in [0.5, 0.6) is 0 Å². The third-order valence-corrected chi connectivity index (χ3v) is 2.65. The average Bonchev–Trinajstić information content (AvgIpc) is 1.60. The molecule has 1 rings (SSSR count). The standard InChI is InChI=1S/C7H8OS/c1-2-3-7(8)6-4-9-5-6/h1,6H,3-5H2. The third kappa shape index (κ3) is 1.49. The molecule has 0 aromatic rings. The van der Waals surface area contributed by atoms with E-state index in [-0.39, 0.29) is 11.7 Å². The number of hydrogen-bond acceptors (Lipinski definition) is 2. The molecule has 0 spiro atoms. The van der Waals surface area contributed by atoms with Crippen molar-refractivity contribution in [3.05, 3.63) is 0 Å². The zero-order chi connectivity index (χ0) is 6.69. The Hall–Kier alpha value is -0.420. The first-order valence-electron chi connectivity index (χ1n) is 2.88. The Morgan fingerprint density at radius 2 is 2.44 bits per heavy atom. The minimum Gasteiger partial charge on any atom is -0.298 e. The summed E-state index contributed by atoms with van der Waals surface area (Å²) in [6.45, 7) is 0. The van der Waals surface area contributed by atoms with Gasteiger partial charge in [0.1, 0.15) is 5.78 Å². The Morgan fingerprint density at radius 1 is 1.78 bits per heavy atom. The molecule has 0 amide bonds. The van der Waals surface area contributed by atoms with E-state index in [2.05, 4.69) is 5.92 Å². The van der Waals surface area contributed by atoms with Crippen LogP contribution in [-0.2, 0) is 4.79 Å². The van der Waals surface area contributed by atoms with Crippen molar-refractivity contribution in [2.45, 2.75) is 6.42 Å². The van der Waals surface area contributed by atoms with Gasteiger partial charge in [0.05, 0.1) is 6.42 Å². The van der Waals surface area contributed by atoms with Crippen molar-refractivity contribution < 1.29 is 4.79 Å². The fourth-order valence-corrected chi connectivity index (χ4v) is 1.51. The van der Waals surface area contributed by atoms with Crippen LogP contribution < -0.4 is 0 Å². The smallest absolute Gasteiger partial charge is 0.149 e. The molecule has 1 aliphatic heterocycles. The molecule has 0 N–H and O–H groups in total. The van der Waals surface area contributed by atoms with E-state index in [4.69, 9.17) is 6.42 Å². The topological polar surface area (TPSA) is 17.1 Å². The molecular weight excluding hydrogens is 132 g/mol. The molecule has 1 aliphatic rings. The van der Waals surface area contributed by atoms with Crippen LogP contribution >= 0.6 is 11.8 Å². The highest BCUT2D eigenvalue weighted by Crippen LogP contribution is 2.25. The molecule has 0 unspecified atom stereocenters. The summed E-state index contributed by atoms with van der Waals surface area (Å²) in [6, 6.07) is 0. The zero-order valence-corrected chi connectivity index (χ0v) is 5.91. The summed E-state index contributed by atoms with van der Waals surface area (Å²) >= 11 is 1.81. The molecular formula is C7H8OS. The molecule has 0 aliphatic carbocycles. The van der Waals surface area contributed by atoms with Gasteiger partial charge in [-0.25, -0.2) is 0 Å². The van der Waals surface area contributed by atoms with Crippen LogP contribution in [0.3, 0.4) is 0 Å². The number of hydrogen-bond donors (Lipinski definition) is 0. The molecule has 1 saturated heterocycles. The summed E-state index contributed by atoms with van der Waals surface area (Å²) in [5, 5.41) is 0. The van der Waals surface area contributed by atoms with Crippen LogP contribution in [0.15, 0.2) is 0 Å². The minimum absolute atomic E-state index is 0.247. The van der Waals surface area contributed by atoms with Crippen molar-refractivity contribution in [3.8, 4) is 12.3 Å². The number of thioether (sulfide) groups is 1. The second kappa shape index (κ2) is 2.93. The maximum absolute atomic E-state index is 10.9. The average molecular weight is 140 g/mol. The lowest BCUT2D eigenvalue weighted by Gasteiger charge is -2.21. The van der Waals surface area contributed by atoms with Crippen LogP contribution in [-0.4, -0.2) is 17.3 Å². The number of Topliss-reactive ketones (excluding diaryl/α,β-unsaturated/α-hetero) is 1. The van der Waals surface area contributed by atoms with Crippen molar-refractivity contribution in [3.63, 3.8) is 0 Å². The van der Waals surface area contributed by atoms with E-state index in [1.165, 1.54) is 0 Å². The molecule has 0 bridgehead atoms. The van der Waals surface area contributed by atoms with Crippen LogP contribution in [0.1, 0.15) is 6.42 Å². The maximum Gasteiger partial charge on any atom is 0.149 e. The third-order valence-electron chi connectivity index (χ3n) is 1.37. The number of carbonyl (C=O) groups is 1. The highest BCUT2D eigenvalue weighted by atomic mass is 32.2. The summed E-state index contributed by atoms with van der Waals surface area (Å²) in [7, 11) is 0. The van der Waals surface area contributed by atoms with Gasteiger partial charge in [0, 0.05) is 17.4 Å². The van der Waals surface area contributed by atoms with Gasteiger partial charge in [-0.3, -0.25) is 4.79 Å². The van der Waals surface area contributed by atoms with Crippen LogP contribution in [0.4, 0.5) is 0 Å². The van der Waals surface area contributed by atoms with E-state index in [1.807, 2.05) is 11.8 Å². The Labute approximate surface area is 59.2 Å². The Kier molecular flexibility index (Phi) is 2.18. The lowest BCUT2D eigenvalue weighted by molar-refractivity contribution is -0.120. The predicted molar refractivity (Wildman–Crippen MR) is 39.3 cm³/mol. The summed E-state index contributed by atoms with van der Waals surface area (Å²) in [5.74, 6) is 4.86. The number of carbonyl (C=O) groups excluding carboxylic acids is 1. The van der Waals surface area contributed by atoms with Gasteiger partial charge in [-0.1, -0.05) is 5.92 Å². The fraction of sp³-hybridized carbons (Fsp3) is 0.571. The summed E-state index contributed by atoms with van der Waals surface area (Å²) < 4.78 is 0. The highest BCUT2D eigenvalue weighted by Gasteiger charge is 2.24. The van der Waals surface area contributed by atoms with Crippen LogP contribution in [0.2, 0.25) is 0 Å². The largest absolute Gasteiger partial charge is 0.298 e. The zero-order valence-electron chi connectivity index (χ0n) is 5.09. The summed E-state index contributed by atoms with van der Waals surface area (Å²) in [5.41, 5.74) is 0. The molecule has 0 aromatic heterocycles. The minimum atomic E-state index is 0.247. The van der Waals surface area contributed by atoms with Gasteiger partial charge in [-0.05, 0) is 0 Å². The van der Waals surface area contributed by atoms with Gasteiger partial charge in [0.25, 0.3) is 0 Å². The second-order valence-corrected chi connectivity index (χ2v) is 3.16. The monoisotopic (exact) mass is 140 g/mol.